The Bertz CT molecular complexity index is 1210. The number of hydrogen-bond acceptors (Lipinski definition) is 7. The van der Waals surface area contributed by atoms with Crippen molar-refractivity contribution in [3.05, 3.63) is 58.5 Å². The van der Waals surface area contributed by atoms with Crippen molar-refractivity contribution in [1.29, 1.82) is 0 Å². The first-order valence-electron chi connectivity index (χ1n) is 10.3. The van der Waals surface area contributed by atoms with Crippen LogP contribution in [0, 0.1) is 0 Å². The lowest BCUT2D eigenvalue weighted by Gasteiger charge is -2.26. The molecule has 1 aromatic carbocycles. The lowest BCUT2D eigenvalue weighted by atomic mass is 10.1. The fraction of sp³-hybridized carbons (Fsp3) is 0.364. The summed E-state index contributed by atoms with van der Waals surface area (Å²) in [5, 5.41) is 9.91. The SMILES string of the molecule is CCCN1CCc2c(sc3ncn4nc(CO/N=C(/C)c5ccccc5)nc4c23)C1. The third kappa shape index (κ3) is 3.57. The molecule has 1 aliphatic heterocycles. The van der Waals surface area contributed by atoms with Crippen molar-refractivity contribution < 1.29 is 4.84 Å². The van der Waals surface area contributed by atoms with Gasteiger partial charge in [0.15, 0.2) is 18.1 Å². The molecule has 4 heterocycles. The van der Waals surface area contributed by atoms with Crippen molar-refractivity contribution in [3.8, 4) is 0 Å². The van der Waals surface area contributed by atoms with Crippen LogP contribution in [0.1, 0.15) is 42.1 Å². The minimum Gasteiger partial charge on any atom is -0.387 e. The fourth-order valence-electron chi connectivity index (χ4n) is 3.98. The predicted octanol–water partition coefficient (Wildman–Crippen LogP) is 4.05. The summed E-state index contributed by atoms with van der Waals surface area (Å²) in [5.74, 6) is 0.609. The average Bonchev–Trinajstić information content (AvgIpc) is 3.34. The van der Waals surface area contributed by atoms with Crippen molar-refractivity contribution >= 4 is 32.9 Å². The van der Waals surface area contributed by atoms with Gasteiger partial charge in [-0.25, -0.2) is 14.5 Å². The Hall–Kier alpha value is -2.84. The van der Waals surface area contributed by atoms with Gasteiger partial charge >= 0.3 is 0 Å². The number of aromatic nitrogens is 4. The summed E-state index contributed by atoms with van der Waals surface area (Å²) in [4.78, 5) is 19.9. The molecule has 0 radical (unpaired) electrons. The van der Waals surface area contributed by atoms with Crippen molar-refractivity contribution in [2.45, 2.75) is 39.8 Å². The van der Waals surface area contributed by atoms with E-state index in [-0.39, 0.29) is 6.61 Å². The Balaban J connectivity index is 1.40. The van der Waals surface area contributed by atoms with Gasteiger partial charge in [-0.05, 0) is 37.4 Å². The van der Waals surface area contributed by atoms with Gasteiger partial charge in [-0.3, -0.25) is 4.90 Å². The molecule has 3 aromatic heterocycles. The van der Waals surface area contributed by atoms with E-state index in [1.54, 1.807) is 22.2 Å². The third-order valence-corrected chi connectivity index (χ3v) is 6.55. The molecule has 0 saturated carbocycles. The Morgan fingerprint density at radius 2 is 2.13 bits per heavy atom. The van der Waals surface area contributed by atoms with E-state index >= 15 is 0 Å². The highest BCUT2D eigenvalue weighted by molar-refractivity contribution is 7.19. The van der Waals surface area contributed by atoms with Crippen LogP contribution in [0.15, 0.2) is 41.8 Å². The molecule has 0 fully saturated rings. The van der Waals surface area contributed by atoms with Crippen LogP contribution in [0.25, 0.3) is 15.9 Å². The first-order valence-corrected chi connectivity index (χ1v) is 11.1. The van der Waals surface area contributed by atoms with E-state index in [0.29, 0.717) is 5.82 Å². The number of oxime groups is 1. The minimum absolute atomic E-state index is 0.226. The lowest BCUT2D eigenvalue weighted by molar-refractivity contribution is 0.125. The van der Waals surface area contributed by atoms with E-state index in [0.717, 1.165) is 53.2 Å². The Kier molecular flexibility index (Phi) is 5.18. The van der Waals surface area contributed by atoms with Crippen LogP contribution in [-0.4, -0.2) is 43.3 Å². The van der Waals surface area contributed by atoms with Crippen LogP contribution in [0.3, 0.4) is 0 Å². The second-order valence-corrected chi connectivity index (χ2v) is 8.65. The highest BCUT2D eigenvalue weighted by Gasteiger charge is 2.23. The number of nitrogens with zero attached hydrogens (tertiary/aromatic N) is 6. The molecule has 30 heavy (non-hydrogen) atoms. The highest BCUT2D eigenvalue weighted by Crippen LogP contribution is 2.35. The van der Waals surface area contributed by atoms with Gasteiger partial charge < -0.3 is 4.84 Å². The topological polar surface area (TPSA) is 67.9 Å². The van der Waals surface area contributed by atoms with E-state index < -0.39 is 0 Å². The zero-order valence-electron chi connectivity index (χ0n) is 17.2. The van der Waals surface area contributed by atoms with Gasteiger partial charge in [0.25, 0.3) is 0 Å². The van der Waals surface area contributed by atoms with Gasteiger partial charge in [-0.1, -0.05) is 42.4 Å². The van der Waals surface area contributed by atoms with Crippen molar-refractivity contribution in [3.63, 3.8) is 0 Å². The average molecular weight is 421 g/mol. The van der Waals surface area contributed by atoms with Crippen LogP contribution in [0.5, 0.6) is 0 Å². The Labute approximate surface area is 179 Å². The molecule has 4 aromatic rings. The van der Waals surface area contributed by atoms with Gasteiger partial charge in [-0.2, -0.15) is 0 Å². The zero-order valence-corrected chi connectivity index (χ0v) is 18.0. The first kappa shape index (κ1) is 19.1. The van der Waals surface area contributed by atoms with Gasteiger partial charge in [0.2, 0.25) is 0 Å². The Morgan fingerprint density at radius 1 is 1.27 bits per heavy atom. The van der Waals surface area contributed by atoms with Crippen LogP contribution < -0.4 is 0 Å². The highest BCUT2D eigenvalue weighted by atomic mass is 32.1. The molecule has 0 amide bonds. The van der Waals surface area contributed by atoms with Crippen LogP contribution in [-0.2, 0) is 24.4 Å². The van der Waals surface area contributed by atoms with Crippen molar-refractivity contribution in [2.75, 3.05) is 13.1 Å². The quantitative estimate of drug-likeness (QED) is 0.348. The lowest BCUT2D eigenvalue weighted by Crippen LogP contribution is -2.30. The maximum atomic E-state index is 5.54. The molecule has 154 valence electrons. The number of thiophene rings is 1. The van der Waals surface area contributed by atoms with Crippen LogP contribution in [0.2, 0.25) is 0 Å². The summed E-state index contributed by atoms with van der Waals surface area (Å²) in [7, 11) is 0. The summed E-state index contributed by atoms with van der Waals surface area (Å²) >= 11 is 1.79. The molecular weight excluding hydrogens is 396 g/mol. The summed E-state index contributed by atoms with van der Waals surface area (Å²) in [5.41, 5.74) is 4.11. The van der Waals surface area contributed by atoms with Crippen LogP contribution >= 0.6 is 11.3 Å². The molecule has 0 unspecified atom stereocenters. The standard InChI is InChI=1S/C22H24N6OS/c1-3-10-27-11-9-17-18(12-27)30-22-20(17)21-24-19(25-28(21)14-23-22)13-29-26-15(2)16-7-5-4-6-8-16/h4-8,14H,3,9-13H2,1-2H3/b26-15-. The largest absolute Gasteiger partial charge is 0.387 e. The van der Waals surface area contributed by atoms with Crippen molar-refractivity contribution in [1.82, 2.24) is 24.5 Å². The molecular formula is C22H24N6OS. The fourth-order valence-corrected chi connectivity index (χ4v) is 5.20. The molecule has 0 spiro atoms. The predicted molar refractivity (Wildman–Crippen MR) is 119 cm³/mol. The van der Waals surface area contributed by atoms with Crippen LogP contribution in [0.4, 0.5) is 0 Å². The van der Waals surface area contributed by atoms with Crippen molar-refractivity contribution in [2.24, 2.45) is 5.16 Å². The molecule has 5 rings (SSSR count). The minimum atomic E-state index is 0.226. The van der Waals surface area contributed by atoms with E-state index in [4.69, 9.17) is 9.82 Å². The summed E-state index contributed by atoms with van der Waals surface area (Å²) in [6.07, 6.45) is 3.97. The van der Waals surface area contributed by atoms with Gasteiger partial charge in [0.05, 0.1) is 11.1 Å². The molecule has 0 bridgehead atoms. The second-order valence-electron chi connectivity index (χ2n) is 7.57. The molecule has 0 N–H and O–H groups in total. The number of rotatable bonds is 6. The maximum Gasteiger partial charge on any atom is 0.192 e. The smallest absolute Gasteiger partial charge is 0.192 e. The van der Waals surface area contributed by atoms with E-state index in [1.807, 2.05) is 37.3 Å². The number of hydrogen-bond donors (Lipinski definition) is 0. The van der Waals surface area contributed by atoms with Gasteiger partial charge in [0.1, 0.15) is 11.2 Å². The molecule has 0 saturated heterocycles. The van der Waals surface area contributed by atoms with E-state index in [2.05, 4.69) is 27.1 Å². The monoisotopic (exact) mass is 420 g/mol. The normalized spacial score (nSPS) is 15.1. The van der Waals surface area contributed by atoms with E-state index in [9.17, 15) is 0 Å². The molecule has 1 aliphatic rings. The van der Waals surface area contributed by atoms with Gasteiger partial charge in [0, 0.05) is 18.0 Å². The molecule has 0 aliphatic carbocycles. The first-order chi connectivity index (χ1) is 14.7. The second kappa shape index (κ2) is 8.12. The molecule has 7 nitrogen and oxygen atoms in total. The molecule has 8 heteroatoms. The zero-order chi connectivity index (χ0) is 20.5. The molecule has 0 atom stereocenters. The Morgan fingerprint density at radius 3 is 2.97 bits per heavy atom. The summed E-state index contributed by atoms with van der Waals surface area (Å²) < 4.78 is 1.76. The van der Waals surface area contributed by atoms with E-state index in [1.165, 1.54) is 16.9 Å². The summed E-state index contributed by atoms with van der Waals surface area (Å²) in [6, 6.07) is 9.97. The summed E-state index contributed by atoms with van der Waals surface area (Å²) in [6.45, 7) is 7.63. The number of benzene rings is 1. The third-order valence-electron chi connectivity index (χ3n) is 5.43. The maximum absolute atomic E-state index is 5.54. The van der Waals surface area contributed by atoms with Gasteiger partial charge in [-0.15, -0.1) is 16.4 Å². The number of fused-ring (bicyclic) bond motifs is 5.